The zero-order chi connectivity index (χ0) is 12.1. The van der Waals surface area contributed by atoms with Gasteiger partial charge in [-0.3, -0.25) is 0 Å². The minimum Gasteiger partial charge on any atom is -0.389 e. The Bertz CT molecular complexity index is 510. The van der Waals surface area contributed by atoms with Gasteiger partial charge in [0, 0.05) is 0 Å². The molecule has 10 rings (SSSR count). The Morgan fingerprint density at radius 3 is 2.47 bits per heavy atom. The van der Waals surface area contributed by atoms with Gasteiger partial charge >= 0.3 is 0 Å². The molecule has 102 valence electrons. The second-order valence-electron chi connectivity index (χ2n) is 9.78. The Labute approximate surface area is 115 Å². The molecule has 0 aromatic carbocycles. The van der Waals surface area contributed by atoms with Crippen molar-refractivity contribution >= 4 is 0 Å². The van der Waals surface area contributed by atoms with E-state index >= 15 is 0 Å². The van der Waals surface area contributed by atoms with Crippen LogP contribution in [0, 0.1) is 58.7 Å². The molecular weight excluding hydrogens is 232 g/mol. The molecule has 0 aromatic heterocycles. The van der Waals surface area contributed by atoms with Gasteiger partial charge in [0.2, 0.25) is 0 Å². The molecule has 19 heavy (non-hydrogen) atoms. The predicted molar refractivity (Wildman–Crippen MR) is 71.1 cm³/mol. The van der Waals surface area contributed by atoms with Crippen molar-refractivity contribution in [1.29, 1.82) is 0 Å². The lowest BCUT2D eigenvalue weighted by Gasteiger charge is -2.85. The highest BCUT2D eigenvalue weighted by atomic mass is 16.3. The van der Waals surface area contributed by atoms with Crippen LogP contribution in [0.1, 0.15) is 44.9 Å². The summed E-state index contributed by atoms with van der Waals surface area (Å²) in [6, 6.07) is 0. The normalized spacial score (nSPS) is 80.4. The van der Waals surface area contributed by atoms with E-state index in [1.165, 1.54) is 38.5 Å². The fourth-order valence-electron chi connectivity index (χ4n) is 10.4. The van der Waals surface area contributed by atoms with Crippen LogP contribution in [0.15, 0.2) is 0 Å². The van der Waals surface area contributed by atoms with Crippen LogP contribution >= 0.6 is 0 Å². The number of hydrogen-bond donors (Lipinski definition) is 1. The van der Waals surface area contributed by atoms with Crippen LogP contribution in [0.25, 0.3) is 0 Å². The molecule has 11 unspecified atom stereocenters. The third kappa shape index (κ3) is 0.734. The van der Waals surface area contributed by atoms with Gasteiger partial charge in [0.15, 0.2) is 0 Å². The molecule has 1 N–H and O–H groups in total. The van der Waals surface area contributed by atoms with Gasteiger partial charge in [0.25, 0.3) is 0 Å². The van der Waals surface area contributed by atoms with E-state index in [4.69, 9.17) is 0 Å². The second-order valence-corrected chi connectivity index (χ2v) is 9.78. The molecule has 1 nitrogen and oxygen atoms in total. The molecule has 10 aliphatic rings. The van der Waals surface area contributed by atoms with Crippen molar-refractivity contribution in [2.45, 2.75) is 50.5 Å². The Hall–Kier alpha value is -0.0400. The van der Waals surface area contributed by atoms with Crippen molar-refractivity contribution < 1.29 is 5.11 Å². The minimum absolute atomic E-state index is 0.184. The van der Waals surface area contributed by atoms with E-state index in [1.807, 2.05) is 0 Å². The molecule has 0 radical (unpaired) electrons. The molecule has 0 aliphatic heterocycles. The van der Waals surface area contributed by atoms with E-state index in [-0.39, 0.29) is 5.60 Å². The average molecular weight is 256 g/mol. The quantitative estimate of drug-likeness (QED) is 0.706. The summed E-state index contributed by atoms with van der Waals surface area (Å²) < 4.78 is 0. The van der Waals surface area contributed by atoms with Gasteiger partial charge in [-0.25, -0.2) is 0 Å². The van der Waals surface area contributed by atoms with Crippen LogP contribution in [0.5, 0.6) is 0 Å². The molecule has 1 spiro atoms. The molecule has 1 heteroatoms. The highest BCUT2D eigenvalue weighted by Crippen LogP contribution is 2.85. The monoisotopic (exact) mass is 256 g/mol. The molecule has 10 fully saturated rings. The number of rotatable bonds is 0. The van der Waals surface area contributed by atoms with Gasteiger partial charge in [-0.15, -0.1) is 0 Å². The maximum absolute atomic E-state index is 11.6. The van der Waals surface area contributed by atoms with E-state index in [0.717, 1.165) is 53.3 Å². The maximum atomic E-state index is 11.6. The highest BCUT2D eigenvalue weighted by molar-refractivity contribution is 5.30. The van der Waals surface area contributed by atoms with Gasteiger partial charge in [-0.05, 0) is 104 Å². The lowest BCUT2D eigenvalue weighted by atomic mass is 9.21. The first-order valence-electron chi connectivity index (χ1n) is 8.93. The minimum atomic E-state index is -0.184. The van der Waals surface area contributed by atoms with Crippen LogP contribution in [-0.4, -0.2) is 10.7 Å². The second kappa shape index (κ2) is 2.45. The van der Waals surface area contributed by atoms with Crippen molar-refractivity contribution in [2.24, 2.45) is 58.7 Å². The summed E-state index contributed by atoms with van der Waals surface area (Å²) in [6.45, 7) is 0. The SMILES string of the molecule is OC12CC3CC4C1CC1C5CC6CC1C2C(C6)(C3)C54. The molecule has 0 aromatic rings. The molecule has 11 atom stereocenters. The first-order chi connectivity index (χ1) is 9.21. The molecule has 0 heterocycles. The van der Waals surface area contributed by atoms with Crippen LogP contribution in [0.4, 0.5) is 0 Å². The van der Waals surface area contributed by atoms with Crippen molar-refractivity contribution in [3.05, 3.63) is 0 Å². The van der Waals surface area contributed by atoms with Crippen LogP contribution < -0.4 is 0 Å². The summed E-state index contributed by atoms with van der Waals surface area (Å²) in [6.07, 6.45) is 10.3. The fraction of sp³-hybridized carbons (Fsp3) is 1.00. The zero-order valence-corrected chi connectivity index (χ0v) is 11.6. The summed E-state index contributed by atoms with van der Waals surface area (Å²) in [5.41, 5.74) is 0.473. The van der Waals surface area contributed by atoms with E-state index in [0.29, 0.717) is 5.41 Å². The van der Waals surface area contributed by atoms with Crippen LogP contribution in [-0.2, 0) is 0 Å². The summed E-state index contributed by atoms with van der Waals surface area (Å²) in [5.74, 6) is 8.61. The summed E-state index contributed by atoms with van der Waals surface area (Å²) in [7, 11) is 0. The lowest BCUT2D eigenvalue weighted by Crippen LogP contribution is -2.82. The Morgan fingerprint density at radius 2 is 1.53 bits per heavy atom. The van der Waals surface area contributed by atoms with Crippen molar-refractivity contribution in [3.8, 4) is 0 Å². The standard InChI is InChI=1S/C18H24O/c19-18-7-9-3-13-14(18)4-10-11-1-8-2-12(10)16(18)17(5-8,6-9)15(11)13/h8-16,19H,1-7H2. The lowest BCUT2D eigenvalue weighted by molar-refractivity contribution is -0.393. The van der Waals surface area contributed by atoms with Crippen LogP contribution in [0.2, 0.25) is 0 Å². The molecule has 11 bridgehead atoms. The Kier molecular flexibility index (Phi) is 1.26. The molecule has 10 saturated carbocycles. The van der Waals surface area contributed by atoms with E-state index in [1.54, 1.807) is 6.42 Å². The van der Waals surface area contributed by atoms with Gasteiger partial charge in [-0.1, -0.05) is 0 Å². The average Bonchev–Trinajstić information content (AvgIpc) is 2.34. The summed E-state index contributed by atoms with van der Waals surface area (Å²) in [5, 5.41) is 11.6. The Morgan fingerprint density at radius 1 is 0.737 bits per heavy atom. The number of aliphatic hydroxyl groups is 1. The molecule has 0 amide bonds. The van der Waals surface area contributed by atoms with Gasteiger partial charge < -0.3 is 5.11 Å². The first kappa shape index (κ1) is 9.82. The maximum Gasteiger partial charge on any atom is 0.0717 e. The predicted octanol–water partition coefficient (Wildman–Crippen LogP) is 3.08. The van der Waals surface area contributed by atoms with E-state index in [2.05, 4.69) is 0 Å². The third-order valence-electron chi connectivity index (χ3n) is 9.73. The van der Waals surface area contributed by atoms with Crippen molar-refractivity contribution in [3.63, 3.8) is 0 Å². The zero-order valence-electron chi connectivity index (χ0n) is 11.6. The Balaban J connectivity index is 1.58. The van der Waals surface area contributed by atoms with Crippen LogP contribution in [0.3, 0.4) is 0 Å². The van der Waals surface area contributed by atoms with Crippen molar-refractivity contribution in [1.82, 2.24) is 0 Å². The summed E-state index contributed by atoms with van der Waals surface area (Å²) >= 11 is 0. The van der Waals surface area contributed by atoms with E-state index < -0.39 is 0 Å². The highest BCUT2D eigenvalue weighted by Gasteiger charge is 2.82. The fourth-order valence-corrected chi connectivity index (χ4v) is 10.4. The number of hydrogen-bond acceptors (Lipinski definition) is 1. The molecular formula is C18H24O. The van der Waals surface area contributed by atoms with Gasteiger partial charge in [-0.2, -0.15) is 0 Å². The third-order valence-corrected chi connectivity index (χ3v) is 9.73. The first-order valence-corrected chi connectivity index (χ1v) is 8.93. The van der Waals surface area contributed by atoms with Gasteiger partial charge in [0.05, 0.1) is 5.60 Å². The topological polar surface area (TPSA) is 20.2 Å². The summed E-state index contributed by atoms with van der Waals surface area (Å²) in [4.78, 5) is 0. The van der Waals surface area contributed by atoms with E-state index in [9.17, 15) is 5.11 Å². The largest absolute Gasteiger partial charge is 0.389 e. The van der Waals surface area contributed by atoms with Crippen molar-refractivity contribution in [2.75, 3.05) is 0 Å². The molecule has 0 saturated heterocycles. The molecule has 10 aliphatic carbocycles. The van der Waals surface area contributed by atoms with Gasteiger partial charge in [0.1, 0.15) is 0 Å². The smallest absolute Gasteiger partial charge is 0.0717 e.